The van der Waals surface area contributed by atoms with E-state index in [0.717, 1.165) is 10.6 Å². The Morgan fingerprint density at radius 3 is 2.67 bits per heavy atom. The molecule has 136 valence electrons. The first-order valence-corrected chi connectivity index (χ1v) is 8.78. The molecule has 1 aliphatic heterocycles. The van der Waals surface area contributed by atoms with Crippen molar-refractivity contribution in [3.05, 3.63) is 58.4 Å². The van der Waals surface area contributed by atoms with E-state index in [1.54, 1.807) is 11.9 Å². The van der Waals surface area contributed by atoms with Crippen LogP contribution in [0.25, 0.3) is 0 Å². The summed E-state index contributed by atoms with van der Waals surface area (Å²) in [6.45, 7) is 0.811. The van der Waals surface area contributed by atoms with Crippen molar-refractivity contribution in [2.24, 2.45) is 0 Å². The van der Waals surface area contributed by atoms with Crippen molar-refractivity contribution in [2.75, 3.05) is 18.6 Å². The molecule has 27 heavy (non-hydrogen) atoms. The third kappa shape index (κ3) is 3.64. The van der Waals surface area contributed by atoms with Crippen LogP contribution in [0.5, 0.6) is 0 Å². The highest BCUT2D eigenvalue weighted by Gasteiger charge is 2.28. The predicted octanol–water partition coefficient (Wildman–Crippen LogP) is 2.92. The molecule has 0 atom stereocenters. The summed E-state index contributed by atoms with van der Waals surface area (Å²) in [5.74, 6) is -1.56. The number of aromatic amines is 1. The van der Waals surface area contributed by atoms with Crippen molar-refractivity contribution in [1.29, 1.82) is 5.26 Å². The monoisotopic (exact) mass is 381 g/mol. The molecule has 0 saturated carbocycles. The zero-order valence-electron chi connectivity index (χ0n) is 14.6. The van der Waals surface area contributed by atoms with Crippen molar-refractivity contribution < 1.29 is 19.1 Å². The normalized spacial score (nSPS) is 14.3. The molecule has 1 aromatic heterocycles. The van der Waals surface area contributed by atoms with Crippen LogP contribution in [-0.4, -0.2) is 36.2 Å². The van der Waals surface area contributed by atoms with Crippen molar-refractivity contribution >= 4 is 35.0 Å². The molecule has 3 rings (SSSR count). The van der Waals surface area contributed by atoms with E-state index in [4.69, 9.17) is 4.74 Å². The number of aromatic nitrogens is 1. The second-order valence-corrected chi connectivity index (χ2v) is 6.81. The minimum absolute atomic E-state index is 0.0672. The number of H-pyrrole nitrogens is 1. The Balaban J connectivity index is 1.72. The van der Waals surface area contributed by atoms with Gasteiger partial charge in [-0.2, -0.15) is 5.26 Å². The van der Waals surface area contributed by atoms with E-state index < -0.39 is 18.4 Å². The zero-order valence-corrected chi connectivity index (χ0v) is 15.4. The maximum absolute atomic E-state index is 12.4. The highest BCUT2D eigenvalue weighted by molar-refractivity contribution is 8.03. The van der Waals surface area contributed by atoms with E-state index in [1.807, 2.05) is 30.3 Å². The van der Waals surface area contributed by atoms with Gasteiger partial charge in [-0.15, -0.1) is 0 Å². The number of nitrogens with one attached hydrogen (secondary N) is 1. The number of ketones is 2. The summed E-state index contributed by atoms with van der Waals surface area (Å²) in [5.41, 5.74) is 1.24. The summed E-state index contributed by atoms with van der Waals surface area (Å²) < 4.78 is 4.99. The lowest BCUT2D eigenvalue weighted by atomic mass is 10.2. The zero-order chi connectivity index (χ0) is 19.6. The van der Waals surface area contributed by atoms with Crippen molar-refractivity contribution in [2.45, 2.75) is 11.8 Å². The van der Waals surface area contributed by atoms with Crippen LogP contribution in [0.15, 0.2) is 52.0 Å². The molecule has 0 spiro atoms. The third-order valence-corrected chi connectivity index (χ3v) is 5.22. The first kappa shape index (κ1) is 18.5. The second-order valence-electron chi connectivity index (χ2n) is 5.78. The molecule has 0 fully saturated rings. The van der Waals surface area contributed by atoms with Gasteiger partial charge in [0.15, 0.2) is 12.4 Å². The number of rotatable bonds is 5. The van der Waals surface area contributed by atoms with E-state index >= 15 is 0 Å². The number of Topliss-reactive ketones (excluding diaryl/α,β-unsaturated/α-hetero) is 2. The summed E-state index contributed by atoms with van der Waals surface area (Å²) in [7, 11) is 1.77. The number of carbonyl (C=O) groups is 3. The minimum Gasteiger partial charge on any atom is -0.453 e. The van der Waals surface area contributed by atoms with Crippen LogP contribution < -0.4 is 4.90 Å². The van der Waals surface area contributed by atoms with E-state index in [0.29, 0.717) is 10.6 Å². The Labute approximate surface area is 159 Å². The van der Waals surface area contributed by atoms with Gasteiger partial charge in [0.1, 0.15) is 22.4 Å². The molecule has 7 nitrogen and oxygen atoms in total. The van der Waals surface area contributed by atoms with Gasteiger partial charge in [-0.1, -0.05) is 23.9 Å². The summed E-state index contributed by atoms with van der Waals surface area (Å²) in [5, 5.41) is 9.95. The number of thioether (sulfide) groups is 1. The first-order chi connectivity index (χ1) is 12.9. The number of fused-ring (bicyclic) bond motifs is 1. The van der Waals surface area contributed by atoms with Gasteiger partial charge in [-0.05, 0) is 25.1 Å². The molecule has 0 bridgehead atoms. The lowest BCUT2D eigenvalue weighted by Crippen LogP contribution is -2.20. The van der Waals surface area contributed by atoms with E-state index in [2.05, 4.69) is 4.98 Å². The Bertz CT molecular complexity index is 1020. The van der Waals surface area contributed by atoms with E-state index in [-0.39, 0.29) is 17.1 Å². The highest BCUT2D eigenvalue weighted by Crippen LogP contribution is 2.46. The average Bonchev–Trinajstić information content (AvgIpc) is 3.27. The van der Waals surface area contributed by atoms with Crippen molar-refractivity contribution in [3.63, 3.8) is 0 Å². The van der Waals surface area contributed by atoms with Gasteiger partial charge in [0.05, 0.1) is 5.69 Å². The molecular weight excluding hydrogens is 366 g/mol. The number of nitrogens with zero attached hydrogens (tertiary/aromatic N) is 2. The number of para-hydroxylation sites is 1. The molecule has 2 heterocycles. The maximum Gasteiger partial charge on any atom is 0.355 e. The molecule has 0 radical (unpaired) electrons. The van der Waals surface area contributed by atoms with E-state index in [9.17, 15) is 19.6 Å². The largest absolute Gasteiger partial charge is 0.453 e. The number of anilines is 1. The SMILES string of the molecule is CC(=O)c1c[nH]c(C(=O)OCC(=O)/C(C#N)=C2\Sc3ccccc3N2C)c1. The number of ether oxygens (including phenoxy) is 1. The number of hydrogen-bond donors (Lipinski definition) is 1. The summed E-state index contributed by atoms with van der Waals surface area (Å²) in [6, 6.07) is 10.8. The molecule has 1 aromatic carbocycles. The Morgan fingerprint density at radius 1 is 1.30 bits per heavy atom. The predicted molar refractivity (Wildman–Crippen MR) is 99.4 cm³/mol. The van der Waals surface area contributed by atoms with Crippen LogP contribution in [-0.2, 0) is 9.53 Å². The van der Waals surface area contributed by atoms with Gasteiger partial charge in [-0.25, -0.2) is 4.79 Å². The molecule has 1 N–H and O–H groups in total. The quantitative estimate of drug-likeness (QED) is 0.367. The van der Waals surface area contributed by atoms with Gasteiger partial charge < -0.3 is 14.6 Å². The van der Waals surface area contributed by atoms with Gasteiger partial charge in [0, 0.05) is 23.7 Å². The van der Waals surface area contributed by atoms with E-state index in [1.165, 1.54) is 30.9 Å². The molecule has 2 aromatic rings. The van der Waals surface area contributed by atoms with Gasteiger partial charge in [-0.3, -0.25) is 9.59 Å². The molecular formula is C19H15N3O4S. The molecule has 0 aliphatic carbocycles. The fraction of sp³-hybridized carbons (Fsp3) is 0.158. The second kappa shape index (κ2) is 7.51. The van der Waals surface area contributed by atoms with Gasteiger partial charge in [0.2, 0.25) is 5.78 Å². The maximum atomic E-state index is 12.4. The number of hydrogen-bond acceptors (Lipinski definition) is 7. The standard InChI is InChI=1S/C19H15N3O4S/c1-11(23)12-7-14(21-9-12)19(25)26-10-16(24)13(8-20)18-22(2)15-5-3-4-6-17(15)27-18/h3-7,9,21H,10H2,1-2H3/b18-13-. The molecule has 1 aliphatic rings. The van der Waals surface area contributed by atoms with Crippen LogP contribution in [0.2, 0.25) is 0 Å². The number of benzene rings is 1. The number of esters is 1. The third-order valence-electron chi connectivity index (χ3n) is 3.99. The lowest BCUT2D eigenvalue weighted by molar-refractivity contribution is -0.118. The average molecular weight is 381 g/mol. The van der Waals surface area contributed by atoms with Crippen LogP contribution in [0.1, 0.15) is 27.8 Å². The van der Waals surface area contributed by atoms with Crippen molar-refractivity contribution in [1.82, 2.24) is 4.98 Å². The first-order valence-electron chi connectivity index (χ1n) is 7.97. The number of nitriles is 1. The van der Waals surface area contributed by atoms with Crippen LogP contribution in [0.3, 0.4) is 0 Å². The van der Waals surface area contributed by atoms with Gasteiger partial charge in [0.25, 0.3) is 0 Å². The van der Waals surface area contributed by atoms with Crippen LogP contribution in [0.4, 0.5) is 5.69 Å². The van der Waals surface area contributed by atoms with Crippen molar-refractivity contribution in [3.8, 4) is 6.07 Å². The fourth-order valence-corrected chi connectivity index (χ4v) is 3.71. The Kier molecular flexibility index (Phi) is 5.14. The summed E-state index contributed by atoms with van der Waals surface area (Å²) in [4.78, 5) is 41.1. The summed E-state index contributed by atoms with van der Waals surface area (Å²) >= 11 is 1.32. The number of carbonyl (C=O) groups excluding carboxylic acids is 3. The molecule has 8 heteroatoms. The molecule has 0 unspecified atom stereocenters. The van der Waals surface area contributed by atoms with Crippen LogP contribution >= 0.6 is 11.8 Å². The fourth-order valence-electron chi connectivity index (χ4n) is 2.55. The van der Waals surface area contributed by atoms with Gasteiger partial charge >= 0.3 is 5.97 Å². The highest BCUT2D eigenvalue weighted by atomic mass is 32.2. The lowest BCUT2D eigenvalue weighted by Gasteiger charge is -2.14. The Morgan fingerprint density at radius 2 is 2.04 bits per heavy atom. The smallest absolute Gasteiger partial charge is 0.355 e. The topological polar surface area (TPSA) is 103 Å². The minimum atomic E-state index is -0.770. The van der Waals surface area contributed by atoms with Crippen LogP contribution in [0, 0.1) is 11.3 Å². The molecule has 0 amide bonds. The summed E-state index contributed by atoms with van der Waals surface area (Å²) in [6.07, 6.45) is 1.39. The molecule has 0 saturated heterocycles. The Hall–Kier alpha value is -3.31.